The number of rotatable bonds is 3. The molecule has 0 saturated carbocycles. The van der Waals surface area contributed by atoms with E-state index < -0.39 is 42.3 Å². The molecule has 1 aliphatic rings. The normalized spacial score (nSPS) is 28.1. The maximum atomic E-state index is 13.3. The molecule has 0 fully saturated rings. The van der Waals surface area contributed by atoms with E-state index in [0.29, 0.717) is 56.6 Å². The summed E-state index contributed by atoms with van der Waals surface area (Å²) in [5, 5.41) is 26.2. The van der Waals surface area contributed by atoms with E-state index in [1.807, 2.05) is 13.8 Å². The van der Waals surface area contributed by atoms with E-state index in [-0.39, 0.29) is 17.4 Å². The molecule has 246 valence electrons. The van der Waals surface area contributed by atoms with Crippen LogP contribution in [0.4, 0.5) is 10.5 Å². The highest BCUT2D eigenvalue weighted by Gasteiger charge is 2.30. The molecule has 3 aromatic rings. The second-order valence-electron chi connectivity index (χ2n) is 11.8. The molecule has 0 radical (unpaired) electrons. The van der Waals surface area contributed by atoms with E-state index in [0.717, 1.165) is 0 Å². The van der Waals surface area contributed by atoms with Crippen LogP contribution in [-0.4, -0.2) is 70.8 Å². The number of allylic oxidation sites excluding steroid dienone is 2. The molecule has 0 saturated heterocycles. The zero-order valence-electron chi connectivity index (χ0n) is 26.8. The highest BCUT2D eigenvalue weighted by atomic mass is 35.5. The summed E-state index contributed by atoms with van der Waals surface area (Å²) in [6, 6.07) is 6.78. The van der Waals surface area contributed by atoms with Crippen molar-refractivity contribution in [2.75, 3.05) is 19.5 Å². The Morgan fingerprint density at radius 1 is 1.09 bits per heavy atom. The quantitative estimate of drug-likeness (QED) is 0.160. The van der Waals surface area contributed by atoms with Gasteiger partial charge in [-0.1, -0.05) is 49.8 Å². The first kappa shape index (κ1) is 34.8. The predicted molar refractivity (Wildman–Crippen MR) is 178 cm³/mol. The van der Waals surface area contributed by atoms with Crippen LogP contribution in [0.3, 0.4) is 0 Å². The number of ether oxygens (including phenoxy) is 3. The van der Waals surface area contributed by atoms with E-state index >= 15 is 0 Å². The average Bonchev–Trinajstić information content (AvgIpc) is 3.01. The lowest BCUT2D eigenvalue weighted by Crippen LogP contribution is -2.37. The molecule has 6 atom stereocenters. The molecule has 4 rings (SSSR count). The fourth-order valence-corrected chi connectivity index (χ4v) is 5.90. The first-order valence-electron chi connectivity index (χ1n) is 15.0. The van der Waals surface area contributed by atoms with Crippen molar-refractivity contribution < 1.29 is 34.0 Å². The van der Waals surface area contributed by atoms with Gasteiger partial charge in [0, 0.05) is 36.3 Å². The van der Waals surface area contributed by atoms with Crippen LogP contribution in [0.5, 0.6) is 5.75 Å². The number of aromatic hydroxyl groups is 1. The maximum Gasteiger partial charge on any atom is 0.405 e. The number of nitrogens with one attached hydrogen (secondary N) is 1. The second-order valence-corrected chi connectivity index (χ2v) is 12.2. The number of hydrogen-bond donors (Lipinski definition) is 4. The SMILES string of the molecule is COC1/C=C\C=C(/C)C(=O)Nc2cc3nc4cc(Cl)ccc4nc3c(c2O)CC(C)CC(OC)C(O)C(C)/C=C(\C)C1OC(N)=O. The highest BCUT2D eigenvalue weighted by molar-refractivity contribution is 6.31. The van der Waals surface area contributed by atoms with Crippen molar-refractivity contribution in [1.29, 1.82) is 0 Å². The number of nitrogens with two attached hydrogens (primary N) is 1. The lowest BCUT2D eigenvalue weighted by molar-refractivity contribution is -0.112. The van der Waals surface area contributed by atoms with Gasteiger partial charge in [0.05, 0.1) is 40.0 Å². The standard InChI is InChI=1S/C34H41ClN4O7/c1-17-12-22-29-25(37-24-15-21(35)10-11-23(24)38-29)16-26(31(22)41)39-33(42)18(2)8-7-9-27(44-5)32(46-34(36)43)20(4)14-19(3)30(40)28(13-17)45-6/h7-11,14-17,19,27-28,30,32,40-41H,12-13H2,1-6H3,(H2,36,43)(H,39,42)/b9-7-,18-8+,20-14+. The molecule has 0 aliphatic carbocycles. The number of amides is 2. The Morgan fingerprint density at radius 3 is 2.50 bits per heavy atom. The van der Waals surface area contributed by atoms with Gasteiger partial charge in [0.2, 0.25) is 0 Å². The van der Waals surface area contributed by atoms with Gasteiger partial charge in [0.1, 0.15) is 11.9 Å². The largest absolute Gasteiger partial charge is 0.505 e. The Balaban J connectivity index is 1.86. The number of methoxy groups -OCH3 is 2. The van der Waals surface area contributed by atoms with Crippen LogP contribution >= 0.6 is 11.6 Å². The Hall–Kier alpha value is -4.03. The third-order valence-corrected chi connectivity index (χ3v) is 8.45. The zero-order valence-corrected chi connectivity index (χ0v) is 27.5. The van der Waals surface area contributed by atoms with Crippen LogP contribution in [-0.2, 0) is 25.4 Å². The fourth-order valence-electron chi connectivity index (χ4n) is 5.74. The molecule has 2 amide bonds. The van der Waals surface area contributed by atoms with Gasteiger partial charge in [-0.15, -0.1) is 0 Å². The molecule has 2 heterocycles. The van der Waals surface area contributed by atoms with Crippen LogP contribution in [0.2, 0.25) is 5.02 Å². The molecule has 2 aromatic carbocycles. The summed E-state index contributed by atoms with van der Waals surface area (Å²) in [5.41, 5.74) is 9.14. The topological polar surface area (TPSA) is 166 Å². The van der Waals surface area contributed by atoms with Crippen molar-refractivity contribution in [3.8, 4) is 5.75 Å². The fraction of sp³-hybridized carbons (Fsp3) is 0.412. The molecule has 2 bridgehead atoms. The molecule has 6 unspecified atom stereocenters. The minimum absolute atomic E-state index is 0.114. The van der Waals surface area contributed by atoms with Gasteiger partial charge in [-0.3, -0.25) is 4.79 Å². The van der Waals surface area contributed by atoms with E-state index in [1.165, 1.54) is 14.2 Å². The molecular weight excluding hydrogens is 612 g/mol. The molecule has 11 nitrogen and oxygen atoms in total. The number of nitrogens with zero attached hydrogens (tertiary/aromatic N) is 2. The Morgan fingerprint density at radius 2 is 1.83 bits per heavy atom. The van der Waals surface area contributed by atoms with E-state index in [9.17, 15) is 19.8 Å². The van der Waals surface area contributed by atoms with Crippen LogP contribution in [0.25, 0.3) is 22.1 Å². The van der Waals surface area contributed by atoms with E-state index in [4.69, 9.17) is 41.5 Å². The van der Waals surface area contributed by atoms with Gasteiger partial charge in [0.25, 0.3) is 5.91 Å². The van der Waals surface area contributed by atoms with Crippen molar-refractivity contribution in [3.05, 3.63) is 70.3 Å². The molecule has 12 heteroatoms. The first-order valence-corrected chi connectivity index (χ1v) is 15.4. The van der Waals surface area contributed by atoms with Gasteiger partial charge in [-0.05, 0) is 62.4 Å². The van der Waals surface area contributed by atoms with Gasteiger partial charge in [-0.2, -0.15) is 0 Å². The number of carbonyl (C=O) groups is 2. The van der Waals surface area contributed by atoms with E-state index in [1.54, 1.807) is 62.4 Å². The number of aromatic nitrogens is 2. The Bertz CT molecular complexity index is 1710. The predicted octanol–water partition coefficient (Wildman–Crippen LogP) is 5.60. The number of benzene rings is 2. The molecule has 1 aliphatic heterocycles. The first-order chi connectivity index (χ1) is 21.8. The monoisotopic (exact) mass is 652 g/mol. The zero-order chi connectivity index (χ0) is 33.7. The lowest BCUT2D eigenvalue weighted by Gasteiger charge is -2.29. The number of primary amides is 1. The van der Waals surface area contributed by atoms with Crippen LogP contribution in [0.1, 0.15) is 39.7 Å². The third kappa shape index (κ3) is 8.03. The number of fused-ring (bicyclic) bond motifs is 5. The van der Waals surface area contributed by atoms with Gasteiger partial charge >= 0.3 is 6.09 Å². The lowest BCUT2D eigenvalue weighted by atomic mass is 9.87. The average molecular weight is 653 g/mol. The van der Waals surface area contributed by atoms with Gasteiger partial charge in [-0.25, -0.2) is 14.8 Å². The van der Waals surface area contributed by atoms with Crippen molar-refractivity contribution in [3.63, 3.8) is 0 Å². The second kappa shape index (κ2) is 15.0. The van der Waals surface area contributed by atoms with Crippen molar-refractivity contribution >= 4 is 51.4 Å². The smallest absolute Gasteiger partial charge is 0.405 e. The number of hydrogen-bond acceptors (Lipinski definition) is 9. The van der Waals surface area contributed by atoms with Crippen molar-refractivity contribution in [2.24, 2.45) is 17.6 Å². The summed E-state index contributed by atoms with van der Waals surface area (Å²) >= 11 is 6.22. The molecule has 1 aromatic heterocycles. The van der Waals surface area contributed by atoms with Gasteiger partial charge < -0.3 is 35.5 Å². The minimum Gasteiger partial charge on any atom is -0.505 e. The number of aliphatic hydroxyl groups excluding tert-OH is 1. The van der Waals surface area contributed by atoms with Crippen molar-refractivity contribution in [2.45, 2.75) is 65.0 Å². The summed E-state index contributed by atoms with van der Waals surface area (Å²) < 4.78 is 16.8. The minimum atomic E-state index is -0.983. The highest BCUT2D eigenvalue weighted by Crippen LogP contribution is 2.37. The number of phenolic OH excluding ortho intramolecular Hbond substituents is 1. The third-order valence-electron chi connectivity index (χ3n) is 8.21. The van der Waals surface area contributed by atoms with Crippen LogP contribution < -0.4 is 11.1 Å². The molecular formula is C34H41ClN4O7. The van der Waals surface area contributed by atoms with Crippen LogP contribution in [0, 0.1) is 11.8 Å². The Labute approximate surface area is 273 Å². The number of halogens is 1. The van der Waals surface area contributed by atoms with Crippen molar-refractivity contribution in [1.82, 2.24) is 9.97 Å². The van der Waals surface area contributed by atoms with Gasteiger partial charge in [0.15, 0.2) is 6.10 Å². The molecule has 0 spiro atoms. The number of aliphatic hydroxyl groups is 1. The maximum absolute atomic E-state index is 13.3. The van der Waals surface area contributed by atoms with E-state index in [2.05, 4.69) is 5.32 Å². The molecule has 46 heavy (non-hydrogen) atoms. The van der Waals surface area contributed by atoms with Crippen LogP contribution in [0.15, 0.2) is 59.7 Å². The molecule has 5 N–H and O–H groups in total. The summed E-state index contributed by atoms with van der Waals surface area (Å²) in [4.78, 5) is 34.7. The number of anilines is 1. The summed E-state index contributed by atoms with van der Waals surface area (Å²) in [7, 11) is 2.99. The summed E-state index contributed by atoms with van der Waals surface area (Å²) in [5.74, 6) is -1.11. The summed E-state index contributed by atoms with van der Waals surface area (Å²) in [6.07, 6.45) is 3.24. The number of phenols is 1. The summed E-state index contributed by atoms with van der Waals surface area (Å²) in [6.45, 7) is 7.20. The Kier molecular flexibility index (Phi) is 11.4. The number of carbonyl (C=O) groups excluding carboxylic acids is 2.